The Morgan fingerprint density at radius 2 is 1.38 bits per heavy atom. The van der Waals surface area contributed by atoms with Gasteiger partial charge in [0.25, 0.3) is 0 Å². The summed E-state index contributed by atoms with van der Waals surface area (Å²) in [6, 6.07) is 0. The van der Waals surface area contributed by atoms with E-state index in [4.69, 9.17) is 0 Å². The maximum absolute atomic E-state index is 12.4. The smallest absolute Gasteiger partial charge is 0.240 e. The van der Waals surface area contributed by atoms with Crippen LogP contribution in [0.5, 0.6) is 0 Å². The maximum Gasteiger partial charge on any atom is 0.240 e. The van der Waals surface area contributed by atoms with Crippen molar-refractivity contribution >= 4 is 23.6 Å². The molecule has 0 radical (unpaired) electrons. The van der Waals surface area contributed by atoms with Crippen LogP contribution in [0.4, 0.5) is 0 Å². The van der Waals surface area contributed by atoms with E-state index in [1.54, 1.807) is 0 Å². The van der Waals surface area contributed by atoms with E-state index in [0.717, 1.165) is 41.9 Å². The van der Waals surface area contributed by atoms with Gasteiger partial charge < -0.3 is 0 Å². The van der Waals surface area contributed by atoms with E-state index in [9.17, 15) is 19.2 Å². The molecule has 26 heavy (non-hydrogen) atoms. The Kier molecular flexibility index (Phi) is 4.49. The van der Waals surface area contributed by atoms with Crippen LogP contribution < -0.4 is 10.9 Å². The van der Waals surface area contributed by atoms with Crippen molar-refractivity contribution in [2.24, 2.45) is 23.2 Å². The van der Waals surface area contributed by atoms with Gasteiger partial charge in [-0.25, -0.2) is 0 Å². The first kappa shape index (κ1) is 17.5. The predicted molar refractivity (Wildman–Crippen MR) is 92.1 cm³/mol. The Hall–Kier alpha value is -1.92. The molecule has 7 nitrogen and oxygen atoms in total. The van der Waals surface area contributed by atoms with E-state index in [1.807, 2.05) is 0 Å². The van der Waals surface area contributed by atoms with Crippen LogP contribution in [0.1, 0.15) is 64.2 Å². The van der Waals surface area contributed by atoms with Crippen molar-refractivity contribution in [1.29, 1.82) is 0 Å². The van der Waals surface area contributed by atoms with Gasteiger partial charge >= 0.3 is 0 Å². The largest absolute Gasteiger partial charge is 0.282 e. The summed E-state index contributed by atoms with van der Waals surface area (Å²) in [5.74, 6) is 1.41. The minimum Gasteiger partial charge on any atom is -0.282 e. The molecule has 0 atom stereocenters. The Bertz CT molecular complexity index is 593. The molecule has 0 aromatic carbocycles. The number of imide groups is 1. The third-order valence-corrected chi connectivity index (χ3v) is 6.76. The molecule has 5 rings (SSSR count). The molecule has 0 aromatic heterocycles. The number of nitrogens with one attached hydrogen (secondary N) is 2. The average Bonchev–Trinajstić information content (AvgIpc) is 2.87. The van der Waals surface area contributed by atoms with Crippen LogP contribution in [0.3, 0.4) is 0 Å². The van der Waals surface area contributed by atoms with Gasteiger partial charge in [0.1, 0.15) is 0 Å². The fourth-order valence-electron chi connectivity index (χ4n) is 6.18. The monoisotopic (exact) mass is 361 g/mol. The third kappa shape index (κ3) is 3.48. The lowest BCUT2D eigenvalue weighted by molar-refractivity contribution is -0.139. The fourth-order valence-corrected chi connectivity index (χ4v) is 6.18. The molecule has 0 aromatic rings. The maximum atomic E-state index is 12.4. The van der Waals surface area contributed by atoms with E-state index in [0.29, 0.717) is 6.42 Å². The van der Waals surface area contributed by atoms with Gasteiger partial charge in [-0.2, -0.15) is 0 Å². The molecule has 5 fully saturated rings. The predicted octanol–water partition coefficient (Wildman–Crippen LogP) is 1.28. The van der Waals surface area contributed by atoms with E-state index < -0.39 is 0 Å². The third-order valence-electron chi connectivity index (χ3n) is 6.76. The van der Waals surface area contributed by atoms with Crippen LogP contribution in [-0.2, 0) is 19.2 Å². The highest BCUT2D eigenvalue weighted by molar-refractivity contribution is 6.02. The average molecular weight is 361 g/mol. The Morgan fingerprint density at radius 3 is 1.92 bits per heavy atom. The number of hydrogen-bond acceptors (Lipinski definition) is 4. The zero-order valence-electron chi connectivity index (χ0n) is 15.1. The van der Waals surface area contributed by atoms with Crippen molar-refractivity contribution in [3.05, 3.63) is 0 Å². The fraction of sp³-hybridized carbons (Fsp3) is 0.789. The summed E-state index contributed by atoms with van der Waals surface area (Å²) in [6.45, 7) is 0.0777. The quantitative estimate of drug-likeness (QED) is 0.569. The molecular formula is C19H27N3O4. The lowest BCUT2D eigenvalue weighted by atomic mass is 9.49. The standard InChI is InChI=1S/C19H27N3O4/c23-15(3-4-22-17(25)1-2-18(22)26)20-21-16(24)11-19-8-12-5-13(9-19)7-14(6-12)10-19/h12-14H,1-11H2,(H,20,23)(H,21,24). The van der Waals surface area contributed by atoms with Crippen molar-refractivity contribution in [3.8, 4) is 0 Å². The number of rotatable bonds is 5. The van der Waals surface area contributed by atoms with Gasteiger partial charge in [0.15, 0.2) is 0 Å². The molecule has 7 heteroatoms. The lowest BCUT2D eigenvalue weighted by Crippen LogP contribution is -2.50. The minimum absolute atomic E-state index is 0.00905. The molecule has 4 bridgehead atoms. The number of carbonyl (C=O) groups excluding carboxylic acids is 4. The van der Waals surface area contributed by atoms with Crippen LogP contribution in [0.25, 0.3) is 0 Å². The molecule has 0 spiro atoms. The number of hydrogen-bond donors (Lipinski definition) is 2. The normalized spacial score (nSPS) is 35.1. The second kappa shape index (κ2) is 6.67. The van der Waals surface area contributed by atoms with Crippen molar-refractivity contribution in [3.63, 3.8) is 0 Å². The molecule has 4 amide bonds. The molecule has 2 N–H and O–H groups in total. The first-order chi connectivity index (χ1) is 12.4. The summed E-state index contributed by atoms with van der Waals surface area (Å²) in [7, 11) is 0. The van der Waals surface area contributed by atoms with Crippen molar-refractivity contribution < 1.29 is 19.2 Å². The second-order valence-electron chi connectivity index (χ2n) is 8.88. The summed E-state index contributed by atoms with van der Waals surface area (Å²) in [5, 5.41) is 0. The Morgan fingerprint density at radius 1 is 0.885 bits per heavy atom. The van der Waals surface area contributed by atoms with Gasteiger partial charge in [-0.1, -0.05) is 0 Å². The molecule has 0 unspecified atom stereocenters. The molecular weight excluding hydrogens is 334 g/mol. The van der Waals surface area contributed by atoms with Gasteiger partial charge in [-0.15, -0.1) is 0 Å². The van der Waals surface area contributed by atoms with Crippen LogP contribution in [0.15, 0.2) is 0 Å². The topological polar surface area (TPSA) is 95.6 Å². The van der Waals surface area contributed by atoms with Crippen LogP contribution in [-0.4, -0.2) is 35.1 Å². The van der Waals surface area contributed by atoms with Crippen molar-refractivity contribution in [2.75, 3.05) is 6.54 Å². The SMILES string of the molecule is O=C(CCN1C(=O)CCC1=O)NNC(=O)CC12CC3CC(CC(C3)C1)C2. The van der Waals surface area contributed by atoms with Gasteiger partial charge in [-0.3, -0.25) is 34.9 Å². The highest BCUT2D eigenvalue weighted by Gasteiger charge is 2.51. The van der Waals surface area contributed by atoms with Gasteiger partial charge in [0.05, 0.1) is 0 Å². The number of carbonyl (C=O) groups is 4. The minimum atomic E-state index is -0.378. The highest BCUT2D eigenvalue weighted by atomic mass is 16.2. The van der Waals surface area contributed by atoms with Crippen LogP contribution >= 0.6 is 0 Å². The number of hydrazine groups is 1. The van der Waals surface area contributed by atoms with E-state index in [-0.39, 0.29) is 54.9 Å². The van der Waals surface area contributed by atoms with Crippen LogP contribution in [0, 0.1) is 23.2 Å². The number of likely N-dealkylation sites (tertiary alicyclic amines) is 1. The first-order valence-electron chi connectivity index (χ1n) is 9.83. The van der Waals surface area contributed by atoms with Crippen molar-refractivity contribution in [2.45, 2.75) is 64.2 Å². The van der Waals surface area contributed by atoms with Gasteiger partial charge in [-0.05, 0) is 61.7 Å². The molecule has 1 heterocycles. The zero-order valence-corrected chi connectivity index (χ0v) is 15.1. The highest BCUT2D eigenvalue weighted by Crippen LogP contribution is 2.61. The van der Waals surface area contributed by atoms with E-state index in [1.165, 1.54) is 19.3 Å². The Labute approximate surface area is 153 Å². The molecule has 4 aliphatic carbocycles. The summed E-state index contributed by atoms with van der Waals surface area (Å²) in [4.78, 5) is 48.4. The van der Waals surface area contributed by atoms with Gasteiger partial charge in [0.2, 0.25) is 23.6 Å². The molecule has 4 saturated carbocycles. The zero-order chi connectivity index (χ0) is 18.3. The van der Waals surface area contributed by atoms with Crippen molar-refractivity contribution in [1.82, 2.24) is 15.8 Å². The van der Waals surface area contributed by atoms with Gasteiger partial charge in [0, 0.05) is 32.2 Å². The summed E-state index contributed by atoms with van der Waals surface area (Å²) < 4.78 is 0. The second-order valence-corrected chi connectivity index (χ2v) is 8.88. The molecule has 1 aliphatic heterocycles. The molecule has 1 saturated heterocycles. The summed E-state index contributed by atoms with van der Waals surface area (Å²) in [5.41, 5.74) is 5.10. The Balaban J connectivity index is 1.21. The lowest BCUT2D eigenvalue weighted by Gasteiger charge is -2.56. The molecule has 5 aliphatic rings. The van der Waals surface area contributed by atoms with Crippen LogP contribution in [0.2, 0.25) is 0 Å². The number of amides is 4. The first-order valence-corrected chi connectivity index (χ1v) is 9.83. The van der Waals surface area contributed by atoms with E-state index in [2.05, 4.69) is 10.9 Å². The summed E-state index contributed by atoms with van der Waals surface area (Å²) in [6.07, 6.45) is 8.42. The molecule has 142 valence electrons. The van der Waals surface area contributed by atoms with E-state index >= 15 is 0 Å². The number of nitrogens with zero attached hydrogens (tertiary/aromatic N) is 1. The summed E-state index contributed by atoms with van der Waals surface area (Å²) >= 11 is 0.